The third-order valence-corrected chi connectivity index (χ3v) is 12.7. The highest BCUT2D eigenvalue weighted by atomic mass is 31.2. The summed E-state index contributed by atoms with van der Waals surface area (Å²) in [6.45, 7) is 3.52. The Morgan fingerprint density at radius 2 is 0.923 bits per heavy atom. The number of Topliss-reactive ketones (excluding diaryl/α,β-unsaturated/α-hetero) is 1. The van der Waals surface area contributed by atoms with Crippen molar-refractivity contribution in [1.29, 1.82) is 0 Å². The van der Waals surface area contributed by atoms with Gasteiger partial charge in [0.2, 0.25) is 0 Å². The molecule has 1 radical (unpaired) electrons. The summed E-state index contributed by atoms with van der Waals surface area (Å²) in [5.41, 5.74) is 1.92. The van der Waals surface area contributed by atoms with Gasteiger partial charge in [0, 0.05) is 16.7 Å². The topological polar surface area (TPSA) is 34.1 Å². The van der Waals surface area contributed by atoms with Gasteiger partial charge < -0.3 is 0 Å². The van der Waals surface area contributed by atoms with E-state index in [0.29, 0.717) is 16.7 Å². The summed E-state index contributed by atoms with van der Waals surface area (Å²) >= 11 is 0. The molecule has 0 N–H and O–H groups in total. The first-order valence-electron chi connectivity index (χ1n) is 14.6. The Kier molecular flexibility index (Phi) is 10.6. The van der Waals surface area contributed by atoms with Gasteiger partial charge >= 0.3 is 0 Å². The Labute approximate surface area is 235 Å². The van der Waals surface area contributed by atoms with E-state index in [1.807, 2.05) is 0 Å². The van der Waals surface area contributed by atoms with E-state index >= 15 is 0 Å². The first-order chi connectivity index (χ1) is 19.0. The van der Waals surface area contributed by atoms with Crippen LogP contribution in [0.2, 0.25) is 0 Å². The molecule has 3 heteroatoms. The molecule has 3 aromatic rings. The second kappa shape index (κ2) is 14.3. The van der Waals surface area contributed by atoms with Gasteiger partial charge in [-0.15, -0.1) is 0 Å². The Balaban J connectivity index is 1.26. The molecular weight excluding hydrogens is 495 g/mol. The van der Waals surface area contributed by atoms with E-state index in [2.05, 4.69) is 91.0 Å². The average molecular weight is 538 g/mol. The van der Waals surface area contributed by atoms with E-state index in [4.69, 9.17) is 0 Å². The maximum atomic E-state index is 12.4. The van der Waals surface area contributed by atoms with Crippen molar-refractivity contribution in [3.05, 3.63) is 114 Å². The molecule has 0 saturated carbocycles. The van der Waals surface area contributed by atoms with Crippen molar-refractivity contribution in [3.8, 4) is 0 Å². The van der Waals surface area contributed by atoms with Crippen LogP contribution in [0.4, 0.5) is 0 Å². The molecule has 1 aliphatic rings. The maximum Gasteiger partial charge on any atom is 0.185 e. The van der Waals surface area contributed by atoms with E-state index < -0.39 is 7.26 Å². The summed E-state index contributed by atoms with van der Waals surface area (Å²) in [7, 11) is -1.72. The second-order valence-corrected chi connectivity index (χ2v) is 14.3. The number of hydrogen-bond donors (Lipinski definition) is 0. The molecule has 0 saturated heterocycles. The van der Waals surface area contributed by atoms with Gasteiger partial charge in [-0.1, -0.05) is 130 Å². The van der Waals surface area contributed by atoms with Gasteiger partial charge in [0.15, 0.2) is 11.6 Å². The molecule has 0 unspecified atom stereocenters. The van der Waals surface area contributed by atoms with Crippen molar-refractivity contribution in [2.75, 3.05) is 6.16 Å². The molecule has 0 heterocycles. The third-order valence-electron chi connectivity index (χ3n) is 8.15. The molecule has 2 nitrogen and oxygen atoms in total. The number of carbonyl (C=O) groups is 2. The van der Waals surface area contributed by atoms with Crippen molar-refractivity contribution < 1.29 is 9.59 Å². The molecule has 0 amide bonds. The van der Waals surface area contributed by atoms with Crippen LogP contribution in [0, 0.1) is 0 Å². The molecule has 39 heavy (non-hydrogen) atoms. The van der Waals surface area contributed by atoms with Crippen molar-refractivity contribution in [2.24, 2.45) is 0 Å². The zero-order chi connectivity index (χ0) is 27.5. The predicted molar refractivity (Wildman–Crippen MR) is 168 cm³/mol. The minimum Gasteiger partial charge on any atom is -0.290 e. The zero-order valence-electron chi connectivity index (χ0n) is 23.6. The monoisotopic (exact) mass is 537 g/mol. The molecule has 0 bridgehead atoms. The fourth-order valence-electron chi connectivity index (χ4n) is 5.72. The number of allylic oxidation sites excluding steroid dienone is 4. The van der Waals surface area contributed by atoms with Crippen LogP contribution in [0.15, 0.2) is 114 Å². The fourth-order valence-corrected chi connectivity index (χ4v) is 10.1. The first-order valence-corrected chi connectivity index (χ1v) is 16.5. The van der Waals surface area contributed by atoms with Gasteiger partial charge in [0.1, 0.15) is 0 Å². The zero-order valence-corrected chi connectivity index (χ0v) is 24.5. The highest BCUT2D eigenvalue weighted by molar-refractivity contribution is 7.95. The van der Waals surface area contributed by atoms with Crippen LogP contribution in [0.25, 0.3) is 0 Å². The molecular formula is C36H42O2P. The largest absolute Gasteiger partial charge is 0.290 e. The normalized spacial score (nSPS) is 14.1. The van der Waals surface area contributed by atoms with Gasteiger partial charge in [-0.25, -0.2) is 0 Å². The number of hydrogen-bond acceptors (Lipinski definition) is 2. The summed E-state index contributed by atoms with van der Waals surface area (Å²) in [4.78, 5) is 24.5. The highest BCUT2D eigenvalue weighted by Gasteiger charge is 2.33. The minimum atomic E-state index is -1.72. The summed E-state index contributed by atoms with van der Waals surface area (Å²) < 4.78 is 0. The number of ketones is 2. The lowest BCUT2D eigenvalue weighted by Crippen LogP contribution is -2.33. The number of carbonyl (C=O) groups excluding carboxylic acids is 2. The lowest BCUT2D eigenvalue weighted by atomic mass is 9.88. The van der Waals surface area contributed by atoms with Gasteiger partial charge in [0.25, 0.3) is 0 Å². The quantitative estimate of drug-likeness (QED) is 0.119. The molecule has 0 fully saturated rings. The molecule has 0 atom stereocenters. The SMILES string of the molecule is CC1=C(C)C(=O)C(CCCCCCCCCC[P](c2ccccc2)(c2ccccc2)c2ccccc2)=CC1=O. The van der Waals surface area contributed by atoms with Crippen LogP contribution in [0.5, 0.6) is 0 Å². The van der Waals surface area contributed by atoms with Crippen LogP contribution < -0.4 is 15.9 Å². The Morgan fingerprint density at radius 3 is 1.38 bits per heavy atom. The summed E-state index contributed by atoms with van der Waals surface area (Å²) in [5.74, 6) is 0.0629. The van der Waals surface area contributed by atoms with Crippen molar-refractivity contribution in [2.45, 2.75) is 71.6 Å². The Bertz CT molecular complexity index is 1190. The standard InChI is InChI=1S/C36H42O2P/c1-29-30(2)36(38)31(28-35(29)37)20-12-7-5-3-4-6-8-19-27-39(32-21-13-9-14-22-32,33-23-15-10-16-24-33)34-25-17-11-18-26-34/h9-11,13-18,21-26,28H,3-8,12,19-20,27H2,1-2H3. The van der Waals surface area contributed by atoms with Crippen LogP contribution in [-0.4, -0.2) is 17.7 Å². The number of benzene rings is 3. The lowest BCUT2D eigenvalue weighted by molar-refractivity contribution is -0.116. The van der Waals surface area contributed by atoms with Gasteiger partial charge in [-0.05, 0) is 68.5 Å². The predicted octanol–water partition coefficient (Wildman–Crippen LogP) is 7.91. The van der Waals surface area contributed by atoms with Crippen LogP contribution in [0.1, 0.15) is 71.6 Å². The van der Waals surface area contributed by atoms with Crippen LogP contribution in [-0.2, 0) is 9.59 Å². The Hall–Kier alpha value is -3.09. The molecule has 0 spiro atoms. The fraction of sp³-hybridized carbons (Fsp3) is 0.333. The van der Waals surface area contributed by atoms with Crippen LogP contribution >= 0.6 is 7.26 Å². The van der Waals surface area contributed by atoms with Crippen molar-refractivity contribution in [3.63, 3.8) is 0 Å². The molecule has 203 valence electrons. The smallest absolute Gasteiger partial charge is 0.185 e. The van der Waals surface area contributed by atoms with Gasteiger partial charge in [-0.2, -0.15) is 0 Å². The molecule has 0 aliphatic heterocycles. The number of rotatable bonds is 14. The molecule has 3 aromatic carbocycles. The lowest BCUT2D eigenvalue weighted by Gasteiger charge is -2.38. The number of unbranched alkanes of at least 4 members (excludes halogenated alkanes) is 7. The average Bonchev–Trinajstić information content (AvgIpc) is 2.99. The van der Waals surface area contributed by atoms with Gasteiger partial charge in [0.05, 0.1) is 0 Å². The first kappa shape index (κ1) is 28.9. The summed E-state index contributed by atoms with van der Waals surface area (Å²) in [5, 5.41) is 4.41. The summed E-state index contributed by atoms with van der Waals surface area (Å²) in [6, 6.07) is 33.5. The summed E-state index contributed by atoms with van der Waals surface area (Å²) in [6.07, 6.45) is 13.0. The van der Waals surface area contributed by atoms with Crippen molar-refractivity contribution in [1.82, 2.24) is 0 Å². The van der Waals surface area contributed by atoms with Crippen molar-refractivity contribution >= 4 is 34.7 Å². The van der Waals surface area contributed by atoms with E-state index in [1.54, 1.807) is 19.9 Å². The molecule has 0 aromatic heterocycles. The van der Waals surface area contributed by atoms with E-state index in [1.165, 1.54) is 60.6 Å². The van der Waals surface area contributed by atoms with E-state index in [0.717, 1.165) is 19.3 Å². The third kappa shape index (κ3) is 7.11. The molecule has 4 rings (SSSR count). The van der Waals surface area contributed by atoms with E-state index in [9.17, 15) is 9.59 Å². The second-order valence-electron chi connectivity index (χ2n) is 10.7. The molecule has 1 aliphatic carbocycles. The highest BCUT2D eigenvalue weighted by Crippen LogP contribution is 2.56. The Morgan fingerprint density at radius 1 is 0.513 bits per heavy atom. The minimum absolute atomic E-state index is 0.000334. The van der Waals surface area contributed by atoms with E-state index in [-0.39, 0.29) is 11.6 Å². The van der Waals surface area contributed by atoms with Crippen LogP contribution in [0.3, 0.4) is 0 Å². The maximum absolute atomic E-state index is 12.4. The van der Waals surface area contributed by atoms with Gasteiger partial charge in [-0.3, -0.25) is 9.59 Å².